The Morgan fingerprint density at radius 1 is 1.26 bits per heavy atom. The highest BCUT2D eigenvalue weighted by atomic mass is 19.4. The Hall–Kier alpha value is -3.42. The second kappa shape index (κ2) is 10.8. The van der Waals surface area contributed by atoms with Gasteiger partial charge in [-0.15, -0.1) is 0 Å². The maximum atomic E-state index is 12.6. The average molecular weight is 528 g/mol. The Bertz CT molecular complexity index is 1320. The predicted molar refractivity (Wildman–Crippen MR) is 131 cm³/mol. The number of rotatable bonds is 8. The second-order valence-electron chi connectivity index (χ2n) is 9.88. The van der Waals surface area contributed by atoms with Crippen molar-refractivity contribution in [1.29, 1.82) is 0 Å². The molecule has 38 heavy (non-hydrogen) atoms. The van der Waals surface area contributed by atoms with Gasteiger partial charge < -0.3 is 18.6 Å². The summed E-state index contributed by atoms with van der Waals surface area (Å²) in [6, 6.07) is 9.02. The van der Waals surface area contributed by atoms with Crippen LogP contribution in [0.4, 0.5) is 13.2 Å². The van der Waals surface area contributed by atoms with Gasteiger partial charge in [-0.1, -0.05) is 17.0 Å². The Kier molecular flexibility index (Phi) is 7.41. The van der Waals surface area contributed by atoms with Gasteiger partial charge in [0.2, 0.25) is 5.78 Å². The topological polar surface area (TPSA) is 79.4 Å². The number of halogens is 3. The number of alkyl halides is 3. The van der Waals surface area contributed by atoms with Crippen molar-refractivity contribution >= 4 is 5.78 Å². The molecule has 1 saturated heterocycles. The molecule has 1 aliphatic heterocycles. The van der Waals surface area contributed by atoms with Crippen molar-refractivity contribution in [2.24, 2.45) is 5.41 Å². The summed E-state index contributed by atoms with van der Waals surface area (Å²) in [5.41, 5.74) is 1.30. The van der Waals surface area contributed by atoms with Crippen LogP contribution >= 0.6 is 0 Å². The van der Waals surface area contributed by atoms with E-state index in [4.69, 9.17) is 14.0 Å². The number of carbonyl (C=O) groups is 1. The predicted octanol–water partition coefficient (Wildman–Crippen LogP) is 5.84. The average Bonchev–Trinajstić information content (AvgIpc) is 3.26. The van der Waals surface area contributed by atoms with Crippen LogP contribution in [0.25, 0.3) is 11.3 Å². The molecule has 0 radical (unpaired) electrons. The number of Topliss-reactive ketones (excluding diaryl/α,β-unsaturated/α-hetero) is 1. The molecule has 2 aliphatic rings. The number of ether oxygens (including phenoxy) is 2. The van der Waals surface area contributed by atoms with Crippen LogP contribution in [0.15, 0.2) is 47.2 Å². The maximum absolute atomic E-state index is 12.6. The molecule has 0 spiro atoms. The van der Waals surface area contributed by atoms with Crippen molar-refractivity contribution in [3.05, 3.63) is 59.8 Å². The Morgan fingerprint density at radius 3 is 2.74 bits per heavy atom. The zero-order chi connectivity index (χ0) is 26.8. The van der Waals surface area contributed by atoms with Gasteiger partial charge in [0.25, 0.3) is 0 Å². The number of hydrogen-bond acceptors (Lipinski definition) is 6. The number of imidazole rings is 1. The second-order valence-corrected chi connectivity index (χ2v) is 9.88. The third-order valence-corrected chi connectivity index (χ3v) is 6.81. The molecule has 2 atom stereocenters. The highest BCUT2D eigenvalue weighted by Crippen LogP contribution is 2.49. The normalized spacial score (nSPS) is 19.4. The van der Waals surface area contributed by atoms with Crippen LogP contribution < -0.4 is 0 Å². The lowest BCUT2D eigenvalue weighted by atomic mass is 9.99. The molecular formula is C28H28F3N3O4. The fourth-order valence-electron chi connectivity index (χ4n) is 4.44. The van der Waals surface area contributed by atoms with Gasteiger partial charge in [0.15, 0.2) is 12.1 Å². The highest BCUT2D eigenvalue weighted by Gasteiger charge is 2.49. The van der Waals surface area contributed by atoms with Crippen molar-refractivity contribution in [3.63, 3.8) is 0 Å². The van der Waals surface area contributed by atoms with Gasteiger partial charge in [-0.2, -0.15) is 13.2 Å². The molecule has 5 rings (SSSR count). The highest BCUT2D eigenvalue weighted by molar-refractivity contribution is 5.85. The number of hydrogen-bond donors (Lipinski definition) is 0. The Labute approximate surface area is 218 Å². The zero-order valence-electron chi connectivity index (χ0n) is 21.0. The van der Waals surface area contributed by atoms with Crippen LogP contribution in [-0.4, -0.2) is 39.6 Å². The molecule has 1 aliphatic carbocycles. The monoisotopic (exact) mass is 527 g/mol. The molecule has 3 heterocycles. The first-order chi connectivity index (χ1) is 18.2. The van der Waals surface area contributed by atoms with Crippen molar-refractivity contribution in [1.82, 2.24) is 14.7 Å². The summed E-state index contributed by atoms with van der Waals surface area (Å²) < 4.78 is 57.0. The molecule has 200 valence electrons. The van der Waals surface area contributed by atoms with E-state index in [2.05, 4.69) is 22.0 Å². The summed E-state index contributed by atoms with van der Waals surface area (Å²) >= 11 is 0. The zero-order valence-corrected chi connectivity index (χ0v) is 21.0. The number of benzene rings is 1. The van der Waals surface area contributed by atoms with Gasteiger partial charge in [0, 0.05) is 48.0 Å². The standard InChI is InChI=1S/C28H28F3N3O4/c1-19(37-25-4-2-3-15-36-25)26-32-13-14-34(26)18-22-16-23(38-33-22)21-7-5-20(6-8-21)9-10-27(11-12-27)17-24(35)28(29,30)31/h5-8,13-14,16,19,25H,2-4,11-12,15,17-18H2,1H3/t19-,25?/m0/s1. The minimum Gasteiger partial charge on any atom is -0.356 e. The van der Waals surface area contributed by atoms with Crippen LogP contribution in [-0.2, 0) is 20.8 Å². The molecule has 0 amide bonds. The van der Waals surface area contributed by atoms with E-state index in [1.165, 1.54) is 0 Å². The lowest BCUT2D eigenvalue weighted by molar-refractivity contribution is -0.188. The quantitative estimate of drug-likeness (QED) is 0.342. The van der Waals surface area contributed by atoms with E-state index in [1.54, 1.807) is 18.3 Å². The van der Waals surface area contributed by atoms with Gasteiger partial charge in [0.1, 0.15) is 17.6 Å². The minimum atomic E-state index is -4.82. The summed E-state index contributed by atoms with van der Waals surface area (Å²) in [5.74, 6) is 5.44. The molecule has 1 aromatic carbocycles. The van der Waals surface area contributed by atoms with Crippen LogP contribution in [0.2, 0.25) is 0 Å². The third-order valence-electron chi connectivity index (χ3n) is 6.81. The first kappa shape index (κ1) is 26.2. The molecule has 3 aromatic rings. The summed E-state index contributed by atoms with van der Waals surface area (Å²) in [5, 5.41) is 4.19. The van der Waals surface area contributed by atoms with Crippen molar-refractivity contribution in [3.8, 4) is 23.2 Å². The molecule has 1 unspecified atom stereocenters. The van der Waals surface area contributed by atoms with Gasteiger partial charge in [0.05, 0.1) is 6.54 Å². The van der Waals surface area contributed by atoms with Gasteiger partial charge in [-0.25, -0.2) is 4.98 Å². The van der Waals surface area contributed by atoms with Crippen LogP contribution in [0.3, 0.4) is 0 Å². The van der Waals surface area contributed by atoms with Gasteiger partial charge in [-0.05, 0) is 63.3 Å². The van der Waals surface area contributed by atoms with Crippen molar-refractivity contribution < 1.29 is 32.0 Å². The van der Waals surface area contributed by atoms with E-state index in [1.807, 2.05) is 35.9 Å². The third kappa shape index (κ3) is 6.34. The Balaban J connectivity index is 1.20. The van der Waals surface area contributed by atoms with Gasteiger partial charge in [-0.3, -0.25) is 4.79 Å². The first-order valence-electron chi connectivity index (χ1n) is 12.7. The number of ketones is 1. The molecular weight excluding hydrogens is 499 g/mol. The summed E-state index contributed by atoms with van der Waals surface area (Å²) in [4.78, 5) is 15.8. The summed E-state index contributed by atoms with van der Waals surface area (Å²) in [6.45, 7) is 3.12. The molecule has 10 heteroatoms. The largest absolute Gasteiger partial charge is 0.450 e. The molecule has 1 saturated carbocycles. The lowest BCUT2D eigenvalue weighted by Gasteiger charge is -2.26. The van der Waals surface area contributed by atoms with Crippen LogP contribution in [0, 0.1) is 17.3 Å². The number of carbonyl (C=O) groups excluding carboxylic acids is 1. The smallest absolute Gasteiger partial charge is 0.356 e. The van der Waals surface area contributed by atoms with Crippen LogP contribution in [0.1, 0.15) is 68.6 Å². The Morgan fingerprint density at radius 2 is 2.05 bits per heavy atom. The maximum Gasteiger partial charge on any atom is 0.450 e. The van der Waals surface area contributed by atoms with E-state index in [-0.39, 0.29) is 12.4 Å². The number of nitrogens with zero attached hydrogens (tertiary/aromatic N) is 3. The molecule has 0 bridgehead atoms. The first-order valence-corrected chi connectivity index (χ1v) is 12.7. The van der Waals surface area contributed by atoms with E-state index < -0.39 is 23.8 Å². The number of aromatic nitrogens is 3. The molecule has 2 aromatic heterocycles. The minimum absolute atomic E-state index is 0.215. The van der Waals surface area contributed by atoms with E-state index in [0.29, 0.717) is 43.0 Å². The lowest BCUT2D eigenvalue weighted by Crippen LogP contribution is -2.25. The molecule has 7 nitrogen and oxygen atoms in total. The summed E-state index contributed by atoms with van der Waals surface area (Å²) in [7, 11) is 0. The summed E-state index contributed by atoms with van der Waals surface area (Å²) in [6.07, 6.45) is 1.76. The van der Waals surface area contributed by atoms with Crippen LogP contribution in [0.5, 0.6) is 0 Å². The molecule has 0 N–H and O–H groups in total. The SMILES string of the molecule is C[C@H](OC1CCCCO1)c1nccn1Cc1cc(-c2ccc(C#CC3(CC(=O)C(F)(F)F)CC3)cc2)on1. The van der Waals surface area contributed by atoms with E-state index >= 15 is 0 Å². The fraction of sp³-hybridized carbons (Fsp3) is 0.464. The van der Waals surface area contributed by atoms with Gasteiger partial charge >= 0.3 is 6.18 Å². The van der Waals surface area contributed by atoms with E-state index in [9.17, 15) is 18.0 Å². The van der Waals surface area contributed by atoms with E-state index in [0.717, 1.165) is 30.7 Å². The van der Waals surface area contributed by atoms with Crippen molar-refractivity contribution in [2.45, 2.75) is 70.6 Å². The fourth-order valence-corrected chi connectivity index (χ4v) is 4.44. The molecule has 2 fully saturated rings. The van der Waals surface area contributed by atoms with Crippen molar-refractivity contribution in [2.75, 3.05) is 6.61 Å².